The zero-order chi connectivity index (χ0) is 19.8. The van der Waals surface area contributed by atoms with Crippen LogP contribution in [0.4, 0.5) is 0 Å². The Morgan fingerprint density at radius 1 is 1.30 bits per heavy atom. The summed E-state index contributed by atoms with van der Waals surface area (Å²) < 4.78 is 0. The predicted molar refractivity (Wildman–Crippen MR) is 99.7 cm³/mol. The summed E-state index contributed by atoms with van der Waals surface area (Å²) in [5.41, 5.74) is -1.29. The van der Waals surface area contributed by atoms with Crippen LogP contribution in [0.25, 0.3) is 0 Å². The summed E-state index contributed by atoms with van der Waals surface area (Å²) >= 11 is 0. The van der Waals surface area contributed by atoms with E-state index in [0.717, 1.165) is 19.3 Å². The van der Waals surface area contributed by atoms with Crippen molar-refractivity contribution in [2.24, 2.45) is 34.5 Å². The van der Waals surface area contributed by atoms with Crippen LogP contribution in [-0.2, 0) is 9.59 Å². The highest BCUT2D eigenvalue weighted by Gasteiger charge is 2.68. The maximum absolute atomic E-state index is 12.4. The van der Waals surface area contributed by atoms with Crippen molar-refractivity contribution >= 4 is 11.6 Å². The van der Waals surface area contributed by atoms with Crippen molar-refractivity contribution in [1.29, 1.82) is 0 Å². The number of fused-ring (bicyclic) bond motifs is 5. The highest BCUT2D eigenvalue weighted by atomic mass is 16.3. The van der Waals surface area contributed by atoms with Crippen molar-refractivity contribution in [3.8, 4) is 0 Å². The van der Waals surface area contributed by atoms with Gasteiger partial charge in [0.1, 0.15) is 12.2 Å². The fourth-order valence-electron chi connectivity index (χ4n) is 7.64. The third kappa shape index (κ3) is 2.28. The van der Waals surface area contributed by atoms with Crippen LogP contribution in [0.5, 0.6) is 0 Å². The van der Waals surface area contributed by atoms with Crippen LogP contribution in [0.3, 0.4) is 0 Å². The lowest BCUT2D eigenvalue weighted by Gasteiger charge is -2.61. The van der Waals surface area contributed by atoms with E-state index < -0.39 is 29.5 Å². The molecule has 5 nitrogen and oxygen atoms in total. The van der Waals surface area contributed by atoms with Crippen molar-refractivity contribution in [2.45, 2.75) is 71.0 Å². The van der Waals surface area contributed by atoms with Gasteiger partial charge in [0.05, 0.1) is 6.10 Å². The van der Waals surface area contributed by atoms with E-state index in [0.29, 0.717) is 19.3 Å². The molecule has 5 heteroatoms. The quantitative estimate of drug-likeness (QED) is 0.685. The summed E-state index contributed by atoms with van der Waals surface area (Å²) in [7, 11) is 0. The highest BCUT2D eigenvalue weighted by Crippen LogP contribution is 2.68. The van der Waals surface area contributed by atoms with Crippen LogP contribution >= 0.6 is 0 Å². The van der Waals surface area contributed by atoms with Gasteiger partial charge < -0.3 is 15.3 Å². The van der Waals surface area contributed by atoms with Gasteiger partial charge in [0, 0.05) is 11.8 Å². The molecular formula is C22H32O5. The lowest BCUT2D eigenvalue weighted by Crippen LogP contribution is -2.63. The number of rotatable bonds is 2. The molecule has 4 rings (SSSR count). The standard InChI is InChI=1S/C22H32O5/c1-12-8-14(24)9-13-4-5-15-16-6-7-22(27,18(26)11-23)20(16,2)10-17(25)19(15)21(12,13)3/h9,12,15-17,19,23,25,27H,4-8,10-11H2,1-3H3/t12?,15-,16-,17?,19+,20-,21-,22-/m0/s1. The van der Waals surface area contributed by atoms with E-state index >= 15 is 0 Å². The third-order valence-electron chi connectivity index (χ3n) is 9.21. The van der Waals surface area contributed by atoms with Crippen LogP contribution in [0.2, 0.25) is 0 Å². The second-order valence-corrected chi connectivity index (χ2v) is 10.0. The monoisotopic (exact) mass is 376 g/mol. The van der Waals surface area contributed by atoms with Gasteiger partial charge in [0.25, 0.3) is 0 Å². The maximum atomic E-state index is 12.4. The molecular weight excluding hydrogens is 344 g/mol. The Morgan fingerprint density at radius 2 is 2.00 bits per heavy atom. The Bertz CT molecular complexity index is 713. The number of hydrogen-bond acceptors (Lipinski definition) is 5. The zero-order valence-electron chi connectivity index (χ0n) is 16.6. The molecule has 0 aromatic heterocycles. The Hall–Kier alpha value is -1.04. The van der Waals surface area contributed by atoms with Gasteiger partial charge in [0.2, 0.25) is 0 Å². The number of carbonyl (C=O) groups is 2. The first-order valence-corrected chi connectivity index (χ1v) is 10.4. The van der Waals surface area contributed by atoms with E-state index in [2.05, 4.69) is 13.8 Å². The molecule has 0 amide bonds. The van der Waals surface area contributed by atoms with Gasteiger partial charge in [-0.2, -0.15) is 0 Å². The SMILES string of the molecule is CC1CC(=O)C=C2CC[C@H]3[C@@H]4CC[C@](O)(C(=O)CO)[C@@]4(C)CC(O)[C@@H]3[C@]21C. The number of aliphatic hydroxyl groups is 3. The average Bonchev–Trinajstić information content (AvgIpc) is 2.87. The van der Waals surface area contributed by atoms with Gasteiger partial charge in [0.15, 0.2) is 11.6 Å². The molecule has 0 aromatic rings. The molecule has 8 atom stereocenters. The maximum Gasteiger partial charge on any atom is 0.190 e. The molecule has 0 aliphatic heterocycles. The molecule has 3 saturated carbocycles. The molecule has 4 aliphatic carbocycles. The summed E-state index contributed by atoms with van der Waals surface area (Å²) in [4.78, 5) is 24.5. The molecule has 3 fully saturated rings. The highest BCUT2D eigenvalue weighted by molar-refractivity contribution is 5.92. The molecule has 3 N–H and O–H groups in total. The van der Waals surface area contributed by atoms with E-state index in [1.165, 1.54) is 5.57 Å². The second-order valence-electron chi connectivity index (χ2n) is 10.0. The molecule has 27 heavy (non-hydrogen) atoms. The molecule has 0 bridgehead atoms. The molecule has 0 radical (unpaired) electrons. The van der Waals surface area contributed by atoms with Gasteiger partial charge >= 0.3 is 0 Å². The van der Waals surface area contributed by atoms with Crippen LogP contribution in [0.1, 0.15) is 59.3 Å². The molecule has 0 saturated heterocycles. The summed E-state index contributed by atoms with van der Waals surface area (Å²) in [6.45, 7) is 5.60. The van der Waals surface area contributed by atoms with Crippen molar-refractivity contribution in [3.63, 3.8) is 0 Å². The van der Waals surface area contributed by atoms with E-state index in [9.17, 15) is 24.9 Å². The number of ketones is 2. The topological polar surface area (TPSA) is 94.8 Å². The van der Waals surface area contributed by atoms with Crippen molar-refractivity contribution in [3.05, 3.63) is 11.6 Å². The first-order valence-electron chi connectivity index (χ1n) is 10.4. The fourth-order valence-corrected chi connectivity index (χ4v) is 7.64. The van der Waals surface area contributed by atoms with Crippen molar-refractivity contribution in [1.82, 2.24) is 0 Å². The van der Waals surface area contributed by atoms with E-state index in [1.807, 2.05) is 13.0 Å². The summed E-state index contributed by atoms with van der Waals surface area (Å²) in [6, 6.07) is 0. The zero-order valence-corrected chi connectivity index (χ0v) is 16.6. The predicted octanol–water partition coefficient (Wildman–Crippen LogP) is 2.03. The second kappa shape index (κ2) is 5.98. The van der Waals surface area contributed by atoms with Crippen LogP contribution < -0.4 is 0 Å². The number of hydrogen-bond donors (Lipinski definition) is 3. The minimum absolute atomic E-state index is 0.0465. The lowest BCUT2D eigenvalue weighted by molar-refractivity contribution is -0.185. The summed E-state index contributed by atoms with van der Waals surface area (Å²) in [5, 5.41) is 31.9. The lowest BCUT2D eigenvalue weighted by atomic mass is 9.43. The van der Waals surface area contributed by atoms with Crippen LogP contribution in [0, 0.1) is 34.5 Å². The first kappa shape index (κ1) is 19.3. The summed E-state index contributed by atoms with van der Waals surface area (Å²) in [5.74, 6) is 0.262. The Kier molecular flexibility index (Phi) is 4.27. The van der Waals surface area contributed by atoms with Gasteiger partial charge in [-0.05, 0) is 67.3 Å². The Morgan fingerprint density at radius 3 is 2.67 bits per heavy atom. The van der Waals surface area contributed by atoms with Gasteiger partial charge in [-0.3, -0.25) is 9.59 Å². The van der Waals surface area contributed by atoms with Crippen LogP contribution in [0.15, 0.2) is 11.6 Å². The first-order chi connectivity index (χ1) is 12.6. The summed E-state index contributed by atoms with van der Waals surface area (Å²) in [6.07, 6.45) is 4.90. The minimum Gasteiger partial charge on any atom is -0.393 e. The van der Waals surface area contributed by atoms with Gasteiger partial charge in [-0.1, -0.05) is 26.3 Å². The molecule has 0 aromatic carbocycles. The van der Waals surface area contributed by atoms with E-state index in [1.54, 1.807) is 0 Å². The van der Waals surface area contributed by atoms with Crippen LogP contribution in [-0.4, -0.2) is 45.2 Å². The average molecular weight is 376 g/mol. The molecule has 4 aliphatic rings. The molecule has 0 spiro atoms. The number of Topliss-reactive ketones (excluding diaryl/α,β-unsaturated/α-hetero) is 1. The van der Waals surface area contributed by atoms with E-state index in [-0.39, 0.29) is 34.9 Å². The Balaban J connectivity index is 1.76. The number of carbonyl (C=O) groups excluding carboxylic acids is 2. The molecule has 150 valence electrons. The molecule has 2 unspecified atom stereocenters. The number of aliphatic hydroxyl groups excluding tert-OH is 2. The molecule has 0 heterocycles. The smallest absolute Gasteiger partial charge is 0.190 e. The Labute approximate surface area is 160 Å². The van der Waals surface area contributed by atoms with Gasteiger partial charge in [-0.25, -0.2) is 0 Å². The van der Waals surface area contributed by atoms with Crippen molar-refractivity contribution in [2.75, 3.05) is 6.61 Å². The minimum atomic E-state index is -1.55. The van der Waals surface area contributed by atoms with Crippen molar-refractivity contribution < 1.29 is 24.9 Å². The number of allylic oxidation sites excluding steroid dienone is 1. The van der Waals surface area contributed by atoms with Gasteiger partial charge in [-0.15, -0.1) is 0 Å². The third-order valence-corrected chi connectivity index (χ3v) is 9.21. The fraction of sp³-hybridized carbons (Fsp3) is 0.818. The van der Waals surface area contributed by atoms with E-state index in [4.69, 9.17) is 0 Å². The largest absolute Gasteiger partial charge is 0.393 e. The normalized spacial score (nSPS) is 51.9.